The Morgan fingerprint density at radius 2 is 1.82 bits per heavy atom. The van der Waals surface area contributed by atoms with E-state index in [1.54, 1.807) is 0 Å². The van der Waals surface area contributed by atoms with Crippen LogP contribution in [0.5, 0.6) is 5.75 Å². The first-order valence-electron chi connectivity index (χ1n) is 12.6. The van der Waals surface area contributed by atoms with Crippen LogP contribution in [-0.4, -0.2) is 22.1 Å². The van der Waals surface area contributed by atoms with Crippen molar-refractivity contribution in [1.29, 1.82) is 0 Å². The van der Waals surface area contributed by atoms with E-state index in [0.29, 0.717) is 19.1 Å². The molecule has 0 saturated heterocycles. The van der Waals surface area contributed by atoms with E-state index < -0.39 is 0 Å². The predicted octanol–water partition coefficient (Wildman–Crippen LogP) is 6.22. The third-order valence-corrected chi connectivity index (χ3v) is 6.70. The average molecular weight is 448 g/mol. The quantitative estimate of drug-likeness (QED) is 0.376. The van der Waals surface area contributed by atoms with E-state index >= 15 is 0 Å². The zero-order chi connectivity index (χ0) is 23.0. The molecule has 0 spiro atoms. The average Bonchev–Trinajstić information content (AvgIpc) is 3.20. The number of benzene rings is 2. The van der Waals surface area contributed by atoms with Crippen molar-refractivity contribution in [3.05, 3.63) is 59.9 Å². The minimum absolute atomic E-state index is 0.169. The zero-order valence-electron chi connectivity index (χ0n) is 20.1. The van der Waals surface area contributed by atoms with Gasteiger partial charge in [0, 0.05) is 12.5 Å². The van der Waals surface area contributed by atoms with E-state index in [9.17, 15) is 4.79 Å². The molecule has 33 heavy (non-hydrogen) atoms. The molecule has 1 saturated carbocycles. The summed E-state index contributed by atoms with van der Waals surface area (Å²) in [5.41, 5.74) is 3.38. The van der Waals surface area contributed by atoms with Crippen LogP contribution < -0.4 is 10.1 Å². The summed E-state index contributed by atoms with van der Waals surface area (Å²) >= 11 is 0. The molecular formula is C28H37N3O2. The molecule has 1 aliphatic carbocycles. The maximum absolute atomic E-state index is 12.6. The number of unbranched alkanes of at least 4 members (excludes halogenated alkanes) is 1. The first kappa shape index (κ1) is 23.3. The highest BCUT2D eigenvalue weighted by atomic mass is 16.5. The molecule has 0 atom stereocenters. The molecule has 1 heterocycles. The molecular weight excluding hydrogens is 410 g/mol. The Morgan fingerprint density at radius 3 is 2.64 bits per heavy atom. The summed E-state index contributed by atoms with van der Waals surface area (Å²) in [6, 6.07) is 16.5. The van der Waals surface area contributed by atoms with Gasteiger partial charge in [-0.05, 0) is 55.4 Å². The molecule has 0 aliphatic heterocycles. The number of fused-ring (bicyclic) bond motifs is 1. The molecule has 0 unspecified atom stereocenters. The van der Waals surface area contributed by atoms with Crippen molar-refractivity contribution in [3.63, 3.8) is 0 Å². The summed E-state index contributed by atoms with van der Waals surface area (Å²) in [4.78, 5) is 17.5. The standard InChI is InChI=1S/C28H37N3O2/c1-21(2)23-14-6-9-17-26(23)33-19-11-10-18-31-25-16-8-7-15-24(25)30-27(31)20-29-28(32)22-12-4-3-5-13-22/h6-9,14-17,21-22H,3-5,10-13,18-20H2,1-2H3,(H,29,32). The molecule has 1 aliphatic rings. The molecule has 3 aromatic rings. The molecule has 4 rings (SSSR count). The topological polar surface area (TPSA) is 56.1 Å². The Bertz CT molecular complexity index is 1050. The number of hydrogen-bond donors (Lipinski definition) is 1. The second-order valence-corrected chi connectivity index (χ2v) is 9.47. The van der Waals surface area contributed by atoms with Crippen molar-refractivity contribution in [1.82, 2.24) is 14.9 Å². The summed E-state index contributed by atoms with van der Waals surface area (Å²) in [6.45, 7) is 6.44. The van der Waals surface area contributed by atoms with Gasteiger partial charge in [-0.2, -0.15) is 0 Å². The monoisotopic (exact) mass is 447 g/mol. The second kappa shape index (κ2) is 11.4. The van der Waals surface area contributed by atoms with Gasteiger partial charge in [0.05, 0.1) is 24.2 Å². The van der Waals surface area contributed by atoms with Gasteiger partial charge in [0.25, 0.3) is 0 Å². The number of aromatic nitrogens is 2. The number of rotatable bonds is 10. The van der Waals surface area contributed by atoms with Gasteiger partial charge < -0.3 is 14.6 Å². The third-order valence-electron chi connectivity index (χ3n) is 6.70. The molecule has 176 valence electrons. The fourth-order valence-electron chi connectivity index (χ4n) is 4.83. The molecule has 1 amide bonds. The SMILES string of the molecule is CC(C)c1ccccc1OCCCCn1c(CNC(=O)C2CCCCC2)nc2ccccc21. The fourth-order valence-corrected chi connectivity index (χ4v) is 4.83. The third kappa shape index (κ3) is 5.95. The number of nitrogens with zero attached hydrogens (tertiary/aromatic N) is 2. The normalized spacial score (nSPS) is 14.6. The van der Waals surface area contributed by atoms with E-state index in [2.05, 4.69) is 54.1 Å². The van der Waals surface area contributed by atoms with E-state index in [1.807, 2.05) is 18.2 Å². The Morgan fingerprint density at radius 1 is 1.06 bits per heavy atom. The van der Waals surface area contributed by atoms with Crippen molar-refractivity contribution in [3.8, 4) is 5.75 Å². The number of hydrogen-bond acceptors (Lipinski definition) is 3. The highest BCUT2D eigenvalue weighted by molar-refractivity contribution is 5.79. The van der Waals surface area contributed by atoms with Crippen molar-refractivity contribution >= 4 is 16.9 Å². The van der Waals surface area contributed by atoms with Gasteiger partial charge in [-0.3, -0.25) is 4.79 Å². The largest absolute Gasteiger partial charge is 0.493 e. The Labute approximate surface area is 197 Å². The fraction of sp³-hybridized carbons (Fsp3) is 0.500. The number of ether oxygens (including phenoxy) is 1. The molecule has 0 bridgehead atoms. The summed E-state index contributed by atoms with van der Waals surface area (Å²) in [5.74, 6) is 2.73. The summed E-state index contributed by atoms with van der Waals surface area (Å²) in [5, 5.41) is 3.16. The number of aryl methyl sites for hydroxylation is 1. The molecule has 0 radical (unpaired) electrons. The van der Waals surface area contributed by atoms with Crippen LogP contribution >= 0.6 is 0 Å². The summed E-state index contributed by atoms with van der Waals surface area (Å²) < 4.78 is 8.36. The van der Waals surface area contributed by atoms with Gasteiger partial charge in [-0.25, -0.2) is 4.98 Å². The summed E-state index contributed by atoms with van der Waals surface area (Å²) in [7, 11) is 0. The van der Waals surface area contributed by atoms with Crippen LogP contribution in [0.2, 0.25) is 0 Å². The maximum atomic E-state index is 12.6. The number of carbonyl (C=O) groups excluding carboxylic acids is 1. The summed E-state index contributed by atoms with van der Waals surface area (Å²) in [6.07, 6.45) is 7.58. The van der Waals surface area contributed by atoms with Crippen LogP contribution in [-0.2, 0) is 17.9 Å². The van der Waals surface area contributed by atoms with Gasteiger partial charge in [0.1, 0.15) is 11.6 Å². The maximum Gasteiger partial charge on any atom is 0.223 e. The molecule has 5 nitrogen and oxygen atoms in total. The lowest BCUT2D eigenvalue weighted by molar-refractivity contribution is -0.126. The highest BCUT2D eigenvalue weighted by Gasteiger charge is 2.21. The molecule has 1 fully saturated rings. The molecule has 1 N–H and O–H groups in total. The Balaban J connectivity index is 1.34. The first-order valence-corrected chi connectivity index (χ1v) is 12.6. The van der Waals surface area contributed by atoms with Crippen LogP contribution in [0.15, 0.2) is 48.5 Å². The lowest BCUT2D eigenvalue weighted by Gasteiger charge is -2.20. The predicted molar refractivity (Wildman–Crippen MR) is 133 cm³/mol. The molecule has 1 aromatic heterocycles. The van der Waals surface area contributed by atoms with Crippen LogP contribution in [0.1, 0.15) is 76.1 Å². The number of imidazole rings is 1. The lowest BCUT2D eigenvalue weighted by Crippen LogP contribution is -2.32. The minimum atomic E-state index is 0.169. The van der Waals surface area contributed by atoms with Gasteiger partial charge >= 0.3 is 0 Å². The number of para-hydroxylation sites is 3. The second-order valence-electron chi connectivity index (χ2n) is 9.47. The number of nitrogens with one attached hydrogen (secondary N) is 1. The molecule has 5 heteroatoms. The van der Waals surface area contributed by atoms with Gasteiger partial charge in [-0.15, -0.1) is 0 Å². The van der Waals surface area contributed by atoms with Crippen LogP contribution in [0, 0.1) is 5.92 Å². The number of amides is 1. The van der Waals surface area contributed by atoms with Crippen LogP contribution in [0.3, 0.4) is 0 Å². The Kier molecular flexibility index (Phi) is 8.03. The van der Waals surface area contributed by atoms with Gasteiger partial charge in [-0.1, -0.05) is 63.4 Å². The van der Waals surface area contributed by atoms with Crippen molar-refractivity contribution in [2.24, 2.45) is 5.92 Å². The first-order chi connectivity index (χ1) is 16.1. The van der Waals surface area contributed by atoms with Crippen molar-refractivity contribution < 1.29 is 9.53 Å². The number of carbonyl (C=O) groups is 1. The van der Waals surface area contributed by atoms with E-state index in [4.69, 9.17) is 9.72 Å². The Hall–Kier alpha value is -2.82. The molecule has 2 aromatic carbocycles. The van der Waals surface area contributed by atoms with Crippen molar-refractivity contribution in [2.75, 3.05) is 6.61 Å². The van der Waals surface area contributed by atoms with E-state index in [1.165, 1.54) is 24.8 Å². The zero-order valence-corrected chi connectivity index (χ0v) is 20.1. The van der Waals surface area contributed by atoms with Gasteiger partial charge in [0.2, 0.25) is 5.91 Å². The van der Waals surface area contributed by atoms with Crippen LogP contribution in [0.25, 0.3) is 11.0 Å². The smallest absolute Gasteiger partial charge is 0.223 e. The van der Waals surface area contributed by atoms with E-state index in [0.717, 1.165) is 54.8 Å². The van der Waals surface area contributed by atoms with Crippen LogP contribution in [0.4, 0.5) is 0 Å². The highest BCUT2D eigenvalue weighted by Crippen LogP contribution is 2.26. The minimum Gasteiger partial charge on any atom is -0.493 e. The van der Waals surface area contributed by atoms with Crippen molar-refractivity contribution in [2.45, 2.75) is 77.8 Å². The van der Waals surface area contributed by atoms with E-state index in [-0.39, 0.29) is 11.8 Å². The van der Waals surface area contributed by atoms with Gasteiger partial charge in [0.15, 0.2) is 0 Å². The lowest BCUT2D eigenvalue weighted by atomic mass is 9.89.